The summed E-state index contributed by atoms with van der Waals surface area (Å²) >= 11 is 12.2. The second kappa shape index (κ2) is 9.72. The average molecular weight is 475 g/mol. The molecule has 170 valence electrons. The van der Waals surface area contributed by atoms with Gasteiger partial charge in [-0.3, -0.25) is 4.79 Å². The molecule has 5 nitrogen and oxygen atoms in total. The molecule has 0 heterocycles. The van der Waals surface area contributed by atoms with Crippen LogP contribution in [0.1, 0.15) is 50.7 Å². The van der Waals surface area contributed by atoms with Crippen molar-refractivity contribution in [2.45, 2.75) is 46.1 Å². The van der Waals surface area contributed by atoms with Crippen LogP contribution in [0, 0.1) is 17.3 Å². The van der Waals surface area contributed by atoms with E-state index in [0.29, 0.717) is 40.7 Å². The summed E-state index contributed by atoms with van der Waals surface area (Å²) in [6.07, 6.45) is 6.37. The number of fused-ring (bicyclic) bond motifs is 1. The summed E-state index contributed by atoms with van der Waals surface area (Å²) in [5, 5.41) is 5.32. The zero-order valence-corrected chi connectivity index (χ0v) is 19.9. The van der Waals surface area contributed by atoms with E-state index in [1.54, 1.807) is 18.3 Å². The first-order valence-electron chi connectivity index (χ1n) is 11.1. The topological polar surface area (TPSA) is 59.9 Å². The van der Waals surface area contributed by atoms with E-state index < -0.39 is 0 Å². The molecule has 2 saturated carbocycles. The van der Waals surface area contributed by atoms with E-state index in [-0.39, 0.29) is 17.2 Å². The van der Waals surface area contributed by atoms with Crippen molar-refractivity contribution >= 4 is 35.3 Å². The first-order valence-corrected chi connectivity index (χ1v) is 11.8. The summed E-state index contributed by atoms with van der Waals surface area (Å²) in [6.45, 7) is 4.93. The van der Waals surface area contributed by atoms with Gasteiger partial charge in [-0.25, -0.2) is 5.43 Å². The van der Waals surface area contributed by atoms with Crippen molar-refractivity contribution in [2.75, 3.05) is 6.61 Å². The minimum atomic E-state index is 0.0282. The molecule has 0 saturated heterocycles. The summed E-state index contributed by atoms with van der Waals surface area (Å²) in [4.78, 5) is 12.6. The quantitative estimate of drug-likeness (QED) is 0.363. The Morgan fingerprint density at radius 2 is 2.03 bits per heavy atom. The maximum atomic E-state index is 12.6. The van der Waals surface area contributed by atoms with Crippen molar-refractivity contribution in [2.24, 2.45) is 22.4 Å². The third-order valence-electron chi connectivity index (χ3n) is 6.67. The highest BCUT2D eigenvalue weighted by atomic mass is 35.5. The van der Waals surface area contributed by atoms with Gasteiger partial charge in [-0.2, -0.15) is 5.10 Å². The molecule has 2 aromatic carbocycles. The first kappa shape index (κ1) is 22.9. The zero-order valence-electron chi connectivity index (χ0n) is 18.4. The lowest BCUT2D eigenvalue weighted by molar-refractivity contribution is -0.123. The number of ether oxygens (including phenoxy) is 2. The number of carbonyl (C=O) groups excluding carboxylic acids is 1. The maximum absolute atomic E-state index is 12.6. The van der Waals surface area contributed by atoms with Crippen molar-refractivity contribution < 1.29 is 14.3 Å². The van der Waals surface area contributed by atoms with E-state index in [1.165, 1.54) is 12.8 Å². The van der Waals surface area contributed by atoms with E-state index in [9.17, 15) is 4.79 Å². The SMILES string of the molecule is CCOc1cc(/C=N/NC(=O)C2C3CCCCC32C)ccc1OCc1ccc(Cl)cc1Cl. The standard InChI is InChI=1S/C25H28Cl2N2O3/c1-3-31-22-12-16(7-10-21(22)32-15-17-8-9-18(26)13-20(17)27)14-28-29-24(30)23-19-6-4-5-11-25(19,23)2/h7-10,12-14,19,23H,3-6,11,15H2,1-2H3,(H,29,30)/b28-14+. The molecule has 1 amide bonds. The van der Waals surface area contributed by atoms with Gasteiger partial charge in [-0.15, -0.1) is 0 Å². The Bertz CT molecular complexity index is 1030. The summed E-state index contributed by atoms with van der Waals surface area (Å²) in [5.41, 5.74) is 4.55. The Labute approximate surface area is 199 Å². The highest BCUT2D eigenvalue weighted by Gasteiger charge is 2.64. The molecule has 4 rings (SSSR count). The second-order valence-corrected chi connectivity index (χ2v) is 9.58. The van der Waals surface area contributed by atoms with Crippen molar-refractivity contribution in [1.82, 2.24) is 5.43 Å². The molecule has 0 spiro atoms. The smallest absolute Gasteiger partial charge is 0.244 e. The molecular formula is C25H28Cl2N2O3. The van der Waals surface area contributed by atoms with Gasteiger partial charge >= 0.3 is 0 Å². The summed E-state index contributed by atoms with van der Waals surface area (Å²) in [5.74, 6) is 1.85. The van der Waals surface area contributed by atoms with E-state index >= 15 is 0 Å². The number of nitrogens with zero attached hydrogens (tertiary/aromatic N) is 1. The van der Waals surface area contributed by atoms with Crippen molar-refractivity contribution in [1.29, 1.82) is 0 Å². The normalized spacial score (nSPS) is 24.1. The van der Waals surface area contributed by atoms with Crippen LogP contribution in [-0.2, 0) is 11.4 Å². The third kappa shape index (κ3) is 4.89. The number of hydrazone groups is 1. The Kier molecular flexibility index (Phi) is 6.96. The molecular weight excluding hydrogens is 447 g/mol. The summed E-state index contributed by atoms with van der Waals surface area (Å²) < 4.78 is 11.7. The van der Waals surface area contributed by atoms with Crippen LogP contribution >= 0.6 is 23.2 Å². The van der Waals surface area contributed by atoms with Crippen LogP contribution in [0.4, 0.5) is 0 Å². The molecule has 2 aliphatic carbocycles. The van der Waals surface area contributed by atoms with Crippen LogP contribution < -0.4 is 14.9 Å². The fourth-order valence-electron chi connectivity index (χ4n) is 4.88. The van der Waals surface area contributed by atoms with Crippen LogP contribution in [0.15, 0.2) is 41.5 Å². The summed E-state index contributed by atoms with van der Waals surface area (Å²) in [6, 6.07) is 10.8. The van der Waals surface area contributed by atoms with Gasteiger partial charge in [0.05, 0.1) is 12.8 Å². The molecule has 2 fully saturated rings. The van der Waals surface area contributed by atoms with Crippen LogP contribution in [0.2, 0.25) is 10.0 Å². The Morgan fingerprint density at radius 3 is 2.75 bits per heavy atom. The third-order valence-corrected chi connectivity index (χ3v) is 7.26. The van der Waals surface area contributed by atoms with Gasteiger partial charge in [0.2, 0.25) is 5.91 Å². The van der Waals surface area contributed by atoms with Gasteiger partial charge in [0.15, 0.2) is 11.5 Å². The molecule has 32 heavy (non-hydrogen) atoms. The zero-order chi connectivity index (χ0) is 22.7. The Balaban J connectivity index is 1.38. The second-order valence-electron chi connectivity index (χ2n) is 8.73. The number of hydrogen-bond donors (Lipinski definition) is 1. The largest absolute Gasteiger partial charge is 0.490 e. The van der Waals surface area contributed by atoms with Crippen LogP contribution in [0.3, 0.4) is 0 Å². The average Bonchev–Trinajstić information content (AvgIpc) is 3.40. The van der Waals surface area contributed by atoms with Crippen LogP contribution in [-0.4, -0.2) is 18.7 Å². The first-order chi connectivity index (χ1) is 15.4. The van der Waals surface area contributed by atoms with Gasteiger partial charge in [0.1, 0.15) is 6.61 Å². The molecule has 1 N–H and O–H groups in total. The van der Waals surface area contributed by atoms with E-state index in [2.05, 4.69) is 17.5 Å². The Hall–Kier alpha value is -2.24. The van der Waals surface area contributed by atoms with E-state index in [1.807, 2.05) is 31.2 Å². The highest BCUT2D eigenvalue weighted by Crippen LogP contribution is 2.66. The monoisotopic (exact) mass is 474 g/mol. The molecule has 0 aliphatic heterocycles. The number of nitrogens with one attached hydrogen (secondary N) is 1. The van der Waals surface area contributed by atoms with Crippen molar-refractivity contribution in [3.8, 4) is 11.5 Å². The highest BCUT2D eigenvalue weighted by molar-refractivity contribution is 6.35. The predicted molar refractivity (Wildman–Crippen MR) is 128 cm³/mol. The molecule has 0 bridgehead atoms. The molecule has 2 aromatic rings. The van der Waals surface area contributed by atoms with E-state index in [0.717, 1.165) is 24.0 Å². The lowest BCUT2D eigenvalue weighted by atomic mass is 9.90. The molecule has 7 heteroatoms. The van der Waals surface area contributed by atoms with Gasteiger partial charge < -0.3 is 9.47 Å². The van der Waals surface area contributed by atoms with Gasteiger partial charge in [-0.1, -0.05) is 49.0 Å². The molecule has 0 radical (unpaired) electrons. The fraction of sp³-hybridized carbons (Fsp3) is 0.440. The maximum Gasteiger partial charge on any atom is 0.244 e. The number of amides is 1. The molecule has 3 unspecified atom stereocenters. The molecule has 3 atom stereocenters. The minimum Gasteiger partial charge on any atom is -0.490 e. The Morgan fingerprint density at radius 1 is 1.19 bits per heavy atom. The van der Waals surface area contributed by atoms with Crippen LogP contribution in [0.5, 0.6) is 11.5 Å². The number of halogens is 2. The minimum absolute atomic E-state index is 0.0282. The fourth-order valence-corrected chi connectivity index (χ4v) is 5.34. The van der Waals surface area contributed by atoms with Gasteiger partial charge in [0.25, 0.3) is 0 Å². The van der Waals surface area contributed by atoms with Crippen molar-refractivity contribution in [3.05, 3.63) is 57.6 Å². The van der Waals surface area contributed by atoms with Gasteiger partial charge in [0, 0.05) is 21.5 Å². The predicted octanol–water partition coefficient (Wildman–Crippen LogP) is 6.25. The lowest BCUT2D eigenvalue weighted by Crippen LogP contribution is -2.22. The van der Waals surface area contributed by atoms with Crippen molar-refractivity contribution in [3.63, 3.8) is 0 Å². The molecule has 0 aromatic heterocycles. The van der Waals surface area contributed by atoms with Crippen LogP contribution in [0.25, 0.3) is 0 Å². The van der Waals surface area contributed by atoms with E-state index in [4.69, 9.17) is 32.7 Å². The molecule has 2 aliphatic rings. The number of rotatable bonds is 8. The number of hydrogen-bond acceptors (Lipinski definition) is 4. The lowest BCUT2D eigenvalue weighted by Gasteiger charge is -2.15. The van der Waals surface area contributed by atoms with Gasteiger partial charge in [-0.05, 0) is 67.0 Å². The number of benzene rings is 2. The number of carbonyl (C=O) groups is 1. The summed E-state index contributed by atoms with van der Waals surface area (Å²) in [7, 11) is 0.